The van der Waals surface area contributed by atoms with Crippen LogP contribution in [0.15, 0.2) is 30.6 Å². The van der Waals surface area contributed by atoms with Crippen molar-refractivity contribution in [3.05, 3.63) is 40.6 Å². The Hall–Kier alpha value is -1.76. The number of benzene rings is 1. The van der Waals surface area contributed by atoms with Crippen molar-refractivity contribution in [3.8, 4) is 11.1 Å². The molecule has 0 aliphatic heterocycles. The number of hydrogen-bond donors (Lipinski definition) is 2. The first-order valence-corrected chi connectivity index (χ1v) is 9.64. The Morgan fingerprint density at radius 2 is 2.19 bits per heavy atom. The fourth-order valence-electron chi connectivity index (χ4n) is 2.61. The molecule has 1 atom stereocenters. The molecule has 2 N–H and O–H groups in total. The van der Waals surface area contributed by atoms with E-state index in [-0.39, 0.29) is 6.61 Å². The van der Waals surface area contributed by atoms with Crippen molar-refractivity contribution in [1.82, 2.24) is 15.2 Å². The Kier molecular flexibility index (Phi) is 6.06. The van der Waals surface area contributed by atoms with Gasteiger partial charge in [0.25, 0.3) is 0 Å². The summed E-state index contributed by atoms with van der Waals surface area (Å²) in [5, 5.41) is 8.52. The number of fused-ring (bicyclic) bond motifs is 1. The van der Waals surface area contributed by atoms with E-state index in [1.54, 1.807) is 18.5 Å². The summed E-state index contributed by atoms with van der Waals surface area (Å²) in [6.07, 6.45) is 4.10. The van der Waals surface area contributed by atoms with E-state index in [9.17, 15) is 4.57 Å². The van der Waals surface area contributed by atoms with Gasteiger partial charge in [0.2, 0.25) is 0 Å². The highest BCUT2D eigenvalue weighted by Crippen LogP contribution is 2.37. The van der Waals surface area contributed by atoms with E-state index in [1.807, 2.05) is 24.1 Å². The summed E-state index contributed by atoms with van der Waals surface area (Å²) < 4.78 is 15.3. The number of halogens is 2. The fourth-order valence-corrected chi connectivity index (χ4v) is 3.26. The number of pyridine rings is 1. The summed E-state index contributed by atoms with van der Waals surface area (Å²) in [6, 6.07) is 5.58. The van der Waals surface area contributed by atoms with Gasteiger partial charge in [-0.15, -0.1) is 9.42 Å². The van der Waals surface area contributed by atoms with Gasteiger partial charge in [-0.2, -0.15) is 5.10 Å². The SMILES string of the molecule is CN(CCCO[P+](=O)O)c1cc(-c2cn[nH]c2)c2ccc(Cl)c(Cl)c2n1. The predicted octanol–water partition coefficient (Wildman–Crippen LogP) is 4.42. The molecule has 3 rings (SSSR count). The smallest absolute Gasteiger partial charge is 0.360 e. The number of anilines is 1. The van der Waals surface area contributed by atoms with Crippen molar-refractivity contribution in [2.24, 2.45) is 0 Å². The van der Waals surface area contributed by atoms with Gasteiger partial charge in [0, 0.05) is 35.3 Å². The second-order valence-electron chi connectivity index (χ2n) is 5.62. The summed E-state index contributed by atoms with van der Waals surface area (Å²) in [5.41, 5.74) is 2.44. The topological polar surface area (TPSA) is 91.3 Å². The van der Waals surface area contributed by atoms with Crippen molar-refractivity contribution in [1.29, 1.82) is 0 Å². The third-order valence-electron chi connectivity index (χ3n) is 3.90. The van der Waals surface area contributed by atoms with Crippen LogP contribution in [0.4, 0.5) is 5.82 Å². The first-order valence-electron chi connectivity index (χ1n) is 7.75. The number of aromatic nitrogens is 3. The highest BCUT2D eigenvalue weighted by Gasteiger charge is 2.16. The molecule has 3 aromatic rings. The van der Waals surface area contributed by atoms with Crippen LogP contribution in [0.5, 0.6) is 0 Å². The van der Waals surface area contributed by atoms with Gasteiger partial charge in [-0.25, -0.2) is 4.98 Å². The molecule has 0 saturated carbocycles. The summed E-state index contributed by atoms with van der Waals surface area (Å²) in [5.74, 6) is 0.700. The van der Waals surface area contributed by atoms with Crippen LogP contribution >= 0.6 is 31.5 Å². The zero-order valence-corrected chi connectivity index (χ0v) is 16.2. The number of nitrogens with zero attached hydrogens (tertiary/aromatic N) is 3. The number of rotatable bonds is 7. The summed E-state index contributed by atoms with van der Waals surface area (Å²) in [7, 11) is -0.694. The third kappa shape index (κ3) is 4.14. The van der Waals surface area contributed by atoms with Crippen LogP contribution in [-0.2, 0) is 9.09 Å². The molecule has 0 fully saturated rings. The van der Waals surface area contributed by atoms with Crippen LogP contribution in [0.3, 0.4) is 0 Å². The Labute approximate surface area is 160 Å². The Morgan fingerprint density at radius 1 is 1.38 bits per heavy atom. The maximum Gasteiger partial charge on any atom is 0.694 e. The van der Waals surface area contributed by atoms with Gasteiger partial charge in [-0.3, -0.25) is 5.10 Å². The van der Waals surface area contributed by atoms with Crippen LogP contribution < -0.4 is 4.90 Å². The van der Waals surface area contributed by atoms with Crippen molar-refractivity contribution in [2.45, 2.75) is 6.42 Å². The average molecular weight is 414 g/mol. The van der Waals surface area contributed by atoms with Gasteiger partial charge in [0.15, 0.2) is 0 Å². The first-order chi connectivity index (χ1) is 12.5. The monoisotopic (exact) mass is 413 g/mol. The van der Waals surface area contributed by atoms with Gasteiger partial charge >= 0.3 is 8.25 Å². The lowest BCUT2D eigenvalue weighted by molar-refractivity contribution is 0.279. The standard InChI is InChI=1S/C16H15Cl2N4O3P/c1-22(5-2-6-25-26(23)24)14-7-12(10-8-19-20-9-10)11-3-4-13(17)15(18)16(11)21-14/h3-4,7-9H,2,5-6H2,1H3,(H-,19,20,23,24)/p+1. The number of H-pyrrole nitrogens is 1. The Morgan fingerprint density at radius 3 is 2.88 bits per heavy atom. The second kappa shape index (κ2) is 8.29. The summed E-state index contributed by atoms with van der Waals surface area (Å²) >= 11 is 12.5. The van der Waals surface area contributed by atoms with Gasteiger partial charge in [-0.05, 0) is 24.1 Å². The molecule has 7 nitrogen and oxygen atoms in total. The molecule has 0 saturated heterocycles. The van der Waals surface area contributed by atoms with Crippen molar-refractivity contribution in [3.63, 3.8) is 0 Å². The van der Waals surface area contributed by atoms with Gasteiger partial charge in [0.1, 0.15) is 12.4 Å². The highest BCUT2D eigenvalue weighted by molar-refractivity contribution is 7.32. The number of aromatic amines is 1. The zero-order valence-electron chi connectivity index (χ0n) is 13.8. The molecule has 0 spiro atoms. The minimum absolute atomic E-state index is 0.185. The quantitative estimate of drug-likeness (QED) is 0.439. The molecule has 136 valence electrons. The molecule has 0 amide bonds. The number of nitrogens with one attached hydrogen (secondary N) is 1. The van der Waals surface area contributed by atoms with Gasteiger partial charge in [-0.1, -0.05) is 29.3 Å². The van der Waals surface area contributed by atoms with E-state index in [2.05, 4.69) is 19.7 Å². The lowest BCUT2D eigenvalue weighted by atomic mass is 10.0. The van der Waals surface area contributed by atoms with Gasteiger partial charge in [0.05, 0.1) is 21.8 Å². The zero-order chi connectivity index (χ0) is 18.7. The third-order valence-corrected chi connectivity index (χ3v) is 5.10. The maximum absolute atomic E-state index is 10.6. The van der Waals surface area contributed by atoms with Crippen molar-refractivity contribution >= 4 is 48.2 Å². The molecule has 2 aromatic heterocycles. The van der Waals surface area contributed by atoms with Crippen LogP contribution in [0, 0.1) is 0 Å². The molecule has 0 radical (unpaired) electrons. The molecule has 0 aliphatic rings. The lowest BCUT2D eigenvalue weighted by Gasteiger charge is -2.20. The molecule has 1 aromatic carbocycles. The Balaban J connectivity index is 1.98. The largest absolute Gasteiger partial charge is 0.694 e. The Bertz CT molecular complexity index is 937. The van der Waals surface area contributed by atoms with Gasteiger partial charge < -0.3 is 4.90 Å². The molecule has 26 heavy (non-hydrogen) atoms. The fraction of sp³-hybridized carbons (Fsp3) is 0.250. The minimum atomic E-state index is -2.57. The second-order valence-corrected chi connectivity index (χ2v) is 7.14. The molecule has 2 heterocycles. The van der Waals surface area contributed by atoms with Crippen molar-refractivity contribution in [2.75, 3.05) is 25.1 Å². The predicted molar refractivity (Wildman–Crippen MR) is 103 cm³/mol. The van der Waals surface area contributed by atoms with Crippen LogP contribution in [0.2, 0.25) is 10.0 Å². The van der Waals surface area contributed by atoms with E-state index in [0.29, 0.717) is 34.3 Å². The minimum Gasteiger partial charge on any atom is -0.360 e. The molecule has 0 aliphatic carbocycles. The summed E-state index contributed by atoms with van der Waals surface area (Å²) in [6.45, 7) is 0.773. The number of hydrogen-bond acceptors (Lipinski definition) is 5. The summed E-state index contributed by atoms with van der Waals surface area (Å²) in [4.78, 5) is 15.3. The molecular weight excluding hydrogens is 398 g/mol. The van der Waals surface area contributed by atoms with E-state index < -0.39 is 8.25 Å². The average Bonchev–Trinajstić information content (AvgIpc) is 3.15. The van der Waals surface area contributed by atoms with Crippen LogP contribution in [0.1, 0.15) is 6.42 Å². The molecular formula is C16H16Cl2N4O3P+. The highest BCUT2D eigenvalue weighted by atomic mass is 35.5. The maximum atomic E-state index is 10.6. The van der Waals surface area contributed by atoms with Crippen LogP contribution in [0.25, 0.3) is 22.0 Å². The first kappa shape index (κ1) is 19.0. The molecule has 1 unspecified atom stereocenters. The molecule has 10 heteroatoms. The molecule has 0 bridgehead atoms. The normalized spacial score (nSPS) is 11.8. The van der Waals surface area contributed by atoms with E-state index in [0.717, 1.165) is 16.5 Å². The van der Waals surface area contributed by atoms with E-state index in [1.165, 1.54) is 0 Å². The van der Waals surface area contributed by atoms with Crippen molar-refractivity contribution < 1.29 is 14.0 Å². The lowest BCUT2D eigenvalue weighted by Crippen LogP contribution is -2.20. The van der Waals surface area contributed by atoms with E-state index in [4.69, 9.17) is 28.1 Å². The van der Waals surface area contributed by atoms with Crippen LogP contribution in [-0.4, -0.2) is 40.3 Å². The van der Waals surface area contributed by atoms with E-state index >= 15 is 0 Å².